The monoisotopic (exact) mass is 346 g/mol. The van der Waals surface area contributed by atoms with Gasteiger partial charge in [-0.05, 0) is 50.2 Å². The van der Waals surface area contributed by atoms with Crippen molar-refractivity contribution in [1.29, 1.82) is 0 Å². The zero-order valence-corrected chi connectivity index (χ0v) is 15.2. The summed E-state index contributed by atoms with van der Waals surface area (Å²) < 4.78 is 10.9. The molecule has 0 spiro atoms. The largest absolute Gasteiger partial charge is 0.484 e. The van der Waals surface area contributed by atoms with Gasteiger partial charge in [0.1, 0.15) is 5.75 Å². The van der Waals surface area contributed by atoms with E-state index in [9.17, 15) is 4.79 Å². The summed E-state index contributed by atoms with van der Waals surface area (Å²) in [6, 6.07) is 9.47. The first-order chi connectivity index (χ1) is 12.2. The molecule has 3 rings (SSSR count). The summed E-state index contributed by atoms with van der Waals surface area (Å²) in [4.78, 5) is 15.0. The summed E-state index contributed by atoms with van der Waals surface area (Å²) >= 11 is 0. The van der Waals surface area contributed by atoms with Crippen LogP contribution in [0.3, 0.4) is 0 Å². The van der Waals surface area contributed by atoms with E-state index in [1.165, 1.54) is 19.4 Å². The topological polar surface area (TPSA) is 50.8 Å². The SMILES string of the molecule is COCCC1(NC(=O)COc2ccccc2)CCN(CC2CC2)CC1. The van der Waals surface area contributed by atoms with Crippen LogP contribution in [0.15, 0.2) is 30.3 Å². The van der Waals surface area contributed by atoms with Gasteiger partial charge in [-0.2, -0.15) is 0 Å². The highest BCUT2D eigenvalue weighted by Gasteiger charge is 2.37. The van der Waals surface area contributed by atoms with Crippen LogP contribution in [0.4, 0.5) is 0 Å². The molecule has 138 valence electrons. The number of methoxy groups -OCH3 is 1. The maximum atomic E-state index is 12.4. The molecule has 1 N–H and O–H groups in total. The molecule has 0 aromatic heterocycles. The molecule has 0 bridgehead atoms. The van der Waals surface area contributed by atoms with E-state index in [0.717, 1.165) is 44.0 Å². The number of carbonyl (C=O) groups excluding carboxylic acids is 1. The number of nitrogens with zero attached hydrogens (tertiary/aromatic N) is 1. The zero-order valence-electron chi connectivity index (χ0n) is 15.2. The third kappa shape index (κ3) is 5.72. The van der Waals surface area contributed by atoms with E-state index < -0.39 is 0 Å². The molecular formula is C20H30N2O3. The number of likely N-dealkylation sites (tertiary alicyclic amines) is 1. The lowest BCUT2D eigenvalue weighted by Crippen LogP contribution is -2.56. The Balaban J connectivity index is 1.50. The third-order valence-corrected chi connectivity index (χ3v) is 5.33. The van der Waals surface area contributed by atoms with Crippen LogP contribution in [0.1, 0.15) is 32.1 Å². The Labute approximate surface area is 150 Å². The zero-order chi connectivity index (χ0) is 17.5. The Bertz CT molecular complexity index is 537. The van der Waals surface area contributed by atoms with Gasteiger partial charge in [0.15, 0.2) is 6.61 Å². The van der Waals surface area contributed by atoms with Crippen molar-refractivity contribution in [2.45, 2.75) is 37.6 Å². The van der Waals surface area contributed by atoms with Crippen LogP contribution in [-0.2, 0) is 9.53 Å². The standard InChI is InChI=1S/C20H30N2O3/c1-24-14-11-20(9-12-22(13-10-20)15-17-7-8-17)21-19(23)16-25-18-5-3-2-4-6-18/h2-6,17H,7-16H2,1H3,(H,21,23). The third-order valence-electron chi connectivity index (χ3n) is 5.33. The highest BCUT2D eigenvalue weighted by molar-refractivity contribution is 5.78. The molecule has 5 heteroatoms. The lowest BCUT2D eigenvalue weighted by Gasteiger charge is -2.42. The van der Waals surface area contributed by atoms with Gasteiger partial charge < -0.3 is 19.7 Å². The van der Waals surface area contributed by atoms with Gasteiger partial charge in [-0.3, -0.25) is 4.79 Å². The average molecular weight is 346 g/mol. The van der Waals surface area contributed by atoms with Gasteiger partial charge in [-0.1, -0.05) is 18.2 Å². The van der Waals surface area contributed by atoms with Crippen LogP contribution in [0.5, 0.6) is 5.75 Å². The quantitative estimate of drug-likeness (QED) is 0.746. The molecule has 1 saturated heterocycles. The van der Waals surface area contributed by atoms with Gasteiger partial charge in [0.2, 0.25) is 0 Å². The number of carbonyl (C=O) groups is 1. The van der Waals surface area contributed by atoms with Gasteiger partial charge in [0.25, 0.3) is 5.91 Å². The van der Waals surface area contributed by atoms with Gasteiger partial charge in [0.05, 0.1) is 0 Å². The van der Waals surface area contributed by atoms with Gasteiger partial charge in [0, 0.05) is 38.9 Å². The second-order valence-electron chi connectivity index (χ2n) is 7.42. The van der Waals surface area contributed by atoms with E-state index in [-0.39, 0.29) is 18.1 Å². The number of nitrogens with one attached hydrogen (secondary N) is 1. The maximum Gasteiger partial charge on any atom is 0.258 e. The minimum absolute atomic E-state index is 0.0457. The Morgan fingerprint density at radius 1 is 1.24 bits per heavy atom. The van der Waals surface area contributed by atoms with Crippen LogP contribution in [0.25, 0.3) is 0 Å². The number of benzene rings is 1. The minimum atomic E-state index is -0.160. The normalized spacial score (nSPS) is 20.2. The van der Waals surface area contributed by atoms with Crippen molar-refractivity contribution >= 4 is 5.91 Å². The molecule has 1 heterocycles. The summed E-state index contributed by atoms with van der Waals surface area (Å²) in [6.45, 7) is 4.07. The Morgan fingerprint density at radius 3 is 2.60 bits per heavy atom. The Hall–Kier alpha value is -1.59. The number of hydrogen-bond donors (Lipinski definition) is 1. The number of rotatable bonds is 9. The number of para-hydroxylation sites is 1. The number of piperidine rings is 1. The molecule has 1 saturated carbocycles. The molecular weight excluding hydrogens is 316 g/mol. The fraction of sp³-hybridized carbons (Fsp3) is 0.650. The van der Waals surface area contributed by atoms with Crippen molar-refractivity contribution in [3.63, 3.8) is 0 Å². The molecule has 5 nitrogen and oxygen atoms in total. The maximum absolute atomic E-state index is 12.4. The summed E-state index contributed by atoms with van der Waals surface area (Å²) in [5.74, 6) is 1.60. The molecule has 1 amide bonds. The second kappa shape index (κ2) is 8.68. The fourth-order valence-electron chi connectivity index (χ4n) is 3.56. The predicted octanol–water partition coefficient (Wildman–Crippen LogP) is 2.46. The number of ether oxygens (including phenoxy) is 2. The first-order valence-electron chi connectivity index (χ1n) is 9.39. The predicted molar refractivity (Wildman–Crippen MR) is 97.7 cm³/mol. The molecule has 0 atom stereocenters. The highest BCUT2D eigenvalue weighted by atomic mass is 16.5. The summed E-state index contributed by atoms with van der Waals surface area (Å²) in [5, 5.41) is 3.26. The number of amides is 1. The van der Waals surface area contributed by atoms with Crippen molar-refractivity contribution in [3.05, 3.63) is 30.3 Å². The van der Waals surface area contributed by atoms with Gasteiger partial charge in [-0.25, -0.2) is 0 Å². The first kappa shape index (κ1) is 18.2. The number of hydrogen-bond acceptors (Lipinski definition) is 4. The second-order valence-corrected chi connectivity index (χ2v) is 7.42. The molecule has 0 unspecified atom stereocenters. The lowest BCUT2D eigenvalue weighted by atomic mass is 9.84. The Morgan fingerprint density at radius 2 is 1.96 bits per heavy atom. The molecule has 2 fully saturated rings. The molecule has 1 aliphatic heterocycles. The molecule has 0 radical (unpaired) electrons. The molecule has 1 aromatic rings. The average Bonchev–Trinajstić information content (AvgIpc) is 3.45. The van der Waals surface area contributed by atoms with E-state index in [2.05, 4.69) is 10.2 Å². The lowest BCUT2D eigenvalue weighted by molar-refractivity contribution is -0.126. The van der Waals surface area contributed by atoms with Crippen LogP contribution in [0.2, 0.25) is 0 Å². The van der Waals surface area contributed by atoms with Crippen molar-refractivity contribution < 1.29 is 14.3 Å². The summed E-state index contributed by atoms with van der Waals surface area (Å²) in [7, 11) is 1.72. The van der Waals surface area contributed by atoms with E-state index in [1.54, 1.807) is 7.11 Å². The van der Waals surface area contributed by atoms with Crippen molar-refractivity contribution in [2.75, 3.05) is 40.0 Å². The minimum Gasteiger partial charge on any atom is -0.484 e. The van der Waals surface area contributed by atoms with Gasteiger partial charge in [-0.15, -0.1) is 0 Å². The highest BCUT2D eigenvalue weighted by Crippen LogP contribution is 2.32. The van der Waals surface area contributed by atoms with E-state index in [0.29, 0.717) is 6.61 Å². The molecule has 1 aliphatic carbocycles. The van der Waals surface area contributed by atoms with E-state index >= 15 is 0 Å². The summed E-state index contributed by atoms with van der Waals surface area (Å²) in [6.07, 6.45) is 5.61. The van der Waals surface area contributed by atoms with Crippen LogP contribution >= 0.6 is 0 Å². The molecule has 25 heavy (non-hydrogen) atoms. The van der Waals surface area contributed by atoms with Crippen molar-refractivity contribution in [3.8, 4) is 5.75 Å². The van der Waals surface area contributed by atoms with E-state index in [4.69, 9.17) is 9.47 Å². The Kier molecular flexibility index (Phi) is 6.32. The molecule has 1 aromatic carbocycles. The van der Waals surface area contributed by atoms with E-state index in [1.807, 2.05) is 30.3 Å². The fourth-order valence-corrected chi connectivity index (χ4v) is 3.56. The van der Waals surface area contributed by atoms with Crippen LogP contribution < -0.4 is 10.1 Å². The van der Waals surface area contributed by atoms with Gasteiger partial charge >= 0.3 is 0 Å². The summed E-state index contributed by atoms with van der Waals surface area (Å²) in [5.41, 5.74) is -0.160. The first-order valence-corrected chi connectivity index (χ1v) is 9.39. The van der Waals surface area contributed by atoms with Crippen molar-refractivity contribution in [1.82, 2.24) is 10.2 Å². The van der Waals surface area contributed by atoms with Crippen LogP contribution in [0, 0.1) is 5.92 Å². The van der Waals surface area contributed by atoms with Crippen LogP contribution in [-0.4, -0.2) is 56.3 Å². The smallest absolute Gasteiger partial charge is 0.258 e. The molecule has 2 aliphatic rings. The van der Waals surface area contributed by atoms with Crippen molar-refractivity contribution in [2.24, 2.45) is 5.92 Å².